The molecule has 0 atom stereocenters. The predicted octanol–water partition coefficient (Wildman–Crippen LogP) is 4.83. The second-order valence-electron chi connectivity index (χ2n) is 6.70. The number of carbonyl (C=O) groups is 1. The minimum Gasteiger partial charge on any atom is -0.494 e. The lowest BCUT2D eigenvalue weighted by molar-refractivity contribution is -0.113. The monoisotopic (exact) mass is 418 g/mol. The van der Waals surface area contributed by atoms with E-state index in [1.54, 1.807) is 10.7 Å². The maximum absolute atomic E-state index is 12.4. The lowest BCUT2D eigenvalue weighted by Gasteiger charge is -2.08. The van der Waals surface area contributed by atoms with Crippen molar-refractivity contribution in [2.24, 2.45) is 0 Å². The molecule has 2 aromatic heterocycles. The van der Waals surface area contributed by atoms with Gasteiger partial charge in [0.05, 0.1) is 23.6 Å². The van der Waals surface area contributed by atoms with Crippen molar-refractivity contribution >= 4 is 28.9 Å². The zero-order valence-corrected chi connectivity index (χ0v) is 17.6. The van der Waals surface area contributed by atoms with Gasteiger partial charge in [-0.1, -0.05) is 30.0 Å². The molecule has 0 aliphatic heterocycles. The number of thioether (sulfide) groups is 1. The second kappa shape index (κ2) is 9.00. The molecule has 0 radical (unpaired) electrons. The smallest absolute Gasteiger partial charge is 0.234 e. The lowest BCUT2D eigenvalue weighted by atomic mass is 10.1. The minimum absolute atomic E-state index is 0.0654. The van der Waals surface area contributed by atoms with Gasteiger partial charge in [0.15, 0.2) is 0 Å². The van der Waals surface area contributed by atoms with Gasteiger partial charge in [0.25, 0.3) is 0 Å². The molecular weight excluding hydrogens is 396 g/mol. The van der Waals surface area contributed by atoms with Gasteiger partial charge in [-0.3, -0.25) is 4.79 Å². The van der Waals surface area contributed by atoms with Crippen LogP contribution in [-0.4, -0.2) is 32.9 Å². The highest BCUT2D eigenvalue weighted by Crippen LogP contribution is 2.27. The van der Waals surface area contributed by atoms with Crippen LogP contribution < -0.4 is 10.1 Å². The molecule has 0 aliphatic carbocycles. The van der Waals surface area contributed by atoms with Crippen LogP contribution in [0, 0.1) is 6.92 Å². The first kappa shape index (κ1) is 20.0. The SMILES string of the molecule is CCOc1ccc(-c2cc3c(SCC(=O)Nc4ccccc4C)nccn3n2)cc1. The number of nitrogens with zero attached hydrogens (tertiary/aromatic N) is 3. The van der Waals surface area contributed by atoms with E-state index >= 15 is 0 Å². The average Bonchev–Trinajstić information content (AvgIpc) is 3.20. The Bertz CT molecular complexity index is 1170. The molecule has 4 rings (SSSR count). The van der Waals surface area contributed by atoms with Crippen molar-refractivity contribution in [1.29, 1.82) is 0 Å². The molecule has 0 aliphatic rings. The number of para-hydroxylation sites is 1. The number of hydrogen-bond acceptors (Lipinski definition) is 5. The van der Waals surface area contributed by atoms with Crippen LogP contribution in [0.15, 0.2) is 72.0 Å². The molecule has 0 spiro atoms. The number of rotatable bonds is 7. The van der Waals surface area contributed by atoms with E-state index in [-0.39, 0.29) is 11.7 Å². The van der Waals surface area contributed by atoms with E-state index in [1.165, 1.54) is 11.8 Å². The maximum atomic E-state index is 12.4. The second-order valence-corrected chi connectivity index (χ2v) is 7.66. The fourth-order valence-electron chi connectivity index (χ4n) is 3.07. The Hall–Kier alpha value is -3.32. The Balaban J connectivity index is 1.49. The molecule has 0 saturated heterocycles. The molecule has 6 nitrogen and oxygen atoms in total. The van der Waals surface area contributed by atoms with Gasteiger partial charge in [0.1, 0.15) is 10.8 Å². The van der Waals surface area contributed by atoms with Crippen LogP contribution in [0.1, 0.15) is 12.5 Å². The van der Waals surface area contributed by atoms with Crippen molar-refractivity contribution in [1.82, 2.24) is 14.6 Å². The molecule has 2 heterocycles. The minimum atomic E-state index is -0.0654. The van der Waals surface area contributed by atoms with Gasteiger partial charge < -0.3 is 10.1 Å². The van der Waals surface area contributed by atoms with Gasteiger partial charge in [-0.05, 0) is 55.8 Å². The molecule has 4 aromatic rings. The average molecular weight is 419 g/mol. The van der Waals surface area contributed by atoms with Crippen LogP contribution in [0.5, 0.6) is 5.75 Å². The van der Waals surface area contributed by atoms with Crippen molar-refractivity contribution in [3.8, 4) is 17.0 Å². The fourth-order valence-corrected chi connectivity index (χ4v) is 3.85. The van der Waals surface area contributed by atoms with Gasteiger partial charge >= 0.3 is 0 Å². The molecule has 0 fully saturated rings. The molecule has 30 heavy (non-hydrogen) atoms. The number of ether oxygens (including phenoxy) is 1. The molecule has 0 bridgehead atoms. The first-order chi connectivity index (χ1) is 14.6. The van der Waals surface area contributed by atoms with Gasteiger partial charge in [0, 0.05) is 23.6 Å². The van der Waals surface area contributed by atoms with Crippen molar-refractivity contribution in [3.05, 3.63) is 72.6 Å². The number of fused-ring (bicyclic) bond motifs is 1. The zero-order valence-electron chi connectivity index (χ0n) is 16.8. The van der Waals surface area contributed by atoms with Gasteiger partial charge in [0.2, 0.25) is 5.91 Å². The van der Waals surface area contributed by atoms with Crippen LogP contribution in [0.25, 0.3) is 16.8 Å². The van der Waals surface area contributed by atoms with E-state index in [0.29, 0.717) is 6.61 Å². The van der Waals surface area contributed by atoms with Gasteiger partial charge in [-0.15, -0.1) is 0 Å². The van der Waals surface area contributed by atoms with Crippen LogP contribution >= 0.6 is 11.8 Å². The Labute approximate surface area is 179 Å². The van der Waals surface area contributed by atoms with Crippen molar-refractivity contribution in [3.63, 3.8) is 0 Å². The molecule has 0 unspecified atom stereocenters. The highest BCUT2D eigenvalue weighted by molar-refractivity contribution is 8.00. The van der Waals surface area contributed by atoms with E-state index in [9.17, 15) is 4.79 Å². The van der Waals surface area contributed by atoms with Crippen LogP contribution in [0.3, 0.4) is 0 Å². The number of aryl methyl sites for hydroxylation is 1. The van der Waals surface area contributed by atoms with E-state index < -0.39 is 0 Å². The molecule has 1 amide bonds. The third-order valence-electron chi connectivity index (χ3n) is 4.57. The highest BCUT2D eigenvalue weighted by Gasteiger charge is 2.12. The summed E-state index contributed by atoms with van der Waals surface area (Å²) in [5, 5.41) is 8.37. The van der Waals surface area contributed by atoms with Crippen molar-refractivity contribution in [2.75, 3.05) is 17.7 Å². The van der Waals surface area contributed by atoms with Crippen molar-refractivity contribution < 1.29 is 9.53 Å². The predicted molar refractivity (Wildman–Crippen MR) is 120 cm³/mol. The first-order valence-corrected chi connectivity index (χ1v) is 10.7. The molecule has 2 aromatic carbocycles. The Morgan fingerprint density at radius 1 is 1.17 bits per heavy atom. The summed E-state index contributed by atoms with van der Waals surface area (Å²) in [6.07, 6.45) is 3.51. The molecule has 7 heteroatoms. The van der Waals surface area contributed by atoms with Crippen LogP contribution in [0.2, 0.25) is 0 Å². The maximum Gasteiger partial charge on any atom is 0.234 e. The number of anilines is 1. The quantitative estimate of drug-likeness (QED) is 0.435. The Morgan fingerprint density at radius 3 is 2.73 bits per heavy atom. The van der Waals surface area contributed by atoms with E-state index in [2.05, 4.69) is 15.4 Å². The third kappa shape index (κ3) is 4.46. The van der Waals surface area contributed by atoms with Crippen LogP contribution in [0.4, 0.5) is 5.69 Å². The number of amides is 1. The molecule has 152 valence electrons. The highest BCUT2D eigenvalue weighted by atomic mass is 32.2. The van der Waals surface area contributed by atoms with E-state index in [4.69, 9.17) is 4.74 Å². The summed E-state index contributed by atoms with van der Waals surface area (Å²) in [4.78, 5) is 16.8. The zero-order chi connectivity index (χ0) is 20.9. The summed E-state index contributed by atoms with van der Waals surface area (Å²) in [6.45, 7) is 4.57. The van der Waals surface area contributed by atoms with Crippen LogP contribution in [-0.2, 0) is 4.79 Å². The molecular formula is C23H22N4O2S. The Morgan fingerprint density at radius 2 is 1.97 bits per heavy atom. The van der Waals surface area contributed by atoms with Gasteiger partial charge in [-0.25, -0.2) is 9.50 Å². The number of aromatic nitrogens is 3. The molecule has 1 N–H and O–H groups in total. The summed E-state index contributed by atoms with van der Waals surface area (Å²) < 4.78 is 7.29. The summed E-state index contributed by atoms with van der Waals surface area (Å²) in [7, 11) is 0. The van der Waals surface area contributed by atoms with E-state index in [1.807, 2.05) is 74.6 Å². The summed E-state index contributed by atoms with van der Waals surface area (Å²) in [5.41, 5.74) is 4.58. The summed E-state index contributed by atoms with van der Waals surface area (Å²) in [6, 6.07) is 17.6. The summed E-state index contributed by atoms with van der Waals surface area (Å²) >= 11 is 1.40. The molecule has 0 saturated carbocycles. The van der Waals surface area contributed by atoms with Gasteiger partial charge in [-0.2, -0.15) is 5.10 Å². The normalized spacial score (nSPS) is 10.9. The number of carbonyl (C=O) groups excluding carboxylic acids is 1. The third-order valence-corrected chi connectivity index (χ3v) is 5.57. The number of hydrogen-bond donors (Lipinski definition) is 1. The summed E-state index contributed by atoms with van der Waals surface area (Å²) in [5.74, 6) is 1.04. The number of nitrogens with one attached hydrogen (secondary N) is 1. The standard InChI is InChI=1S/C23H22N4O2S/c1-3-29-18-10-8-17(9-11-18)20-14-21-23(24-12-13-27(21)26-20)30-15-22(28)25-19-7-5-4-6-16(19)2/h4-14H,3,15H2,1-2H3,(H,25,28). The Kier molecular flexibility index (Phi) is 5.99. The largest absolute Gasteiger partial charge is 0.494 e. The topological polar surface area (TPSA) is 68.5 Å². The first-order valence-electron chi connectivity index (χ1n) is 9.70. The van der Waals surface area contributed by atoms with Crippen molar-refractivity contribution in [2.45, 2.75) is 18.9 Å². The van der Waals surface area contributed by atoms with E-state index in [0.717, 1.165) is 38.8 Å². The number of benzene rings is 2. The lowest BCUT2D eigenvalue weighted by Crippen LogP contribution is -2.14. The fraction of sp³-hybridized carbons (Fsp3) is 0.174.